The summed E-state index contributed by atoms with van der Waals surface area (Å²) in [6, 6.07) is 5.94. The summed E-state index contributed by atoms with van der Waals surface area (Å²) in [7, 11) is 1.74. The van der Waals surface area contributed by atoms with Crippen LogP contribution in [0.2, 0.25) is 0 Å². The maximum Gasteiger partial charge on any atom is 0.239 e. The van der Waals surface area contributed by atoms with E-state index in [1.54, 1.807) is 24.3 Å². The highest BCUT2D eigenvalue weighted by molar-refractivity contribution is 5.81. The lowest BCUT2D eigenvalue weighted by molar-refractivity contribution is -0.133. The van der Waals surface area contributed by atoms with Crippen LogP contribution in [0.15, 0.2) is 24.5 Å². The van der Waals surface area contributed by atoms with Crippen LogP contribution in [0.3, 0.4) is 0 Å². The van der Waals surface area contributed by atoms with E-state index in [-0.39, 0.29) is 11.8 Å². The molecule has 0 bridgehead atoms. The van der Waals surface area contributed by atoms with E-state index in [9.17, 15) is 4.79 Å². The molecule has 1 aromatic heterocycles. The highest BCUT2D eigenvalue weighted by Crippen LogP contribution is 2.12. The number of amides is 1. The van der Waals surface area contributed by atoms with Gasteiger partial charge in [0.1, 0.15) is 5.92 Å². The second-order valence-electron chi connectivity index (χ2n) is 4.72. The SMILES string of the molecule is CC(C)C(C#N)C(=O)N(C)CCc1cccnc1. The largest absolute Gasteiger partial charge is 0.344 e. The minimum atomic E-state index is -0.552. The van der Waals surface area contributed by atoms with Gasteiger partial charge in [0.2, 0.25) is 5.91 Å². The molecule has 18 heavy (non-hydrogen) atoms. The van der Waals surface area contributed by atoms with E-state index >= 15 is 0 Å². The third-order valence-electron chi connectivity index (χ3n) is 2.91. The third-order valence-corrected chi connectivity index (χ3v) is 2.91. The van der Waals surface area contributed by atoms with E-state index in [1.165, 1.54) is 0 Å². The number of rotatable bonds is 5. The number of hydrogen-bond donors (Lipinski definition) is 0. The Labute approximate surface area is 108 Å². The van der Waals surface area contributed by atoms with Crippen LogP contribution in [0.25, 0.3) is 0 Å². The molecule has 0 saturated carbocycles. The van der Waals surface area contributed by atoms with Crippen LogP contribution in [-0.4, -0.2) is 29.4 Å². The molecule has 0 fully saturated rings. The van der Waals surface area contributed by atoms with E-state index in [1.807, 2.05) is 26.0 Å². The summed E-state index contributed by atoms with van der Waals surface area (Å²) < 4.78 is 0. The third kappa shape index (κ3) is 3.85. The smallest absolute Gasteiger partial charge is 0.239 e. The molecule has 96 valence electrons. The van der Waals surface area contributed by atoms with Crippen LogP contribution in [0.4, 0.5) is 0 Å². The van der Waals surface area contributed by atoms with E-state index in [0.29, 0.717) is 6.54 Å². The topological polar surface area (TPSA) is 57.0 Å². The van der Waals surface area contributed by atoms with Gasteiger partial charge in [-0.1, -0.05) is 19.9 Å². The second-order valence-corrected chi connectivity index (χ2v) is 4.72. The quantitative estimate of drug-likeness (QED) is 0.795. The molecule has 0 N–H and O–H groups in total. The Bertz CT molecular complexity index is 422. The number of aromatic nitrogens is 1. The Balaban J connectivity index is 2.53. The first kappa shape index (κ1) is 14.2. The van der Waals surface area contributed by atoms with Crippen molar-refractivity contribution in [3.8, 4) is 6.07 Å². The summed E-state index contributed by atoms with van der Waals surface area (Å²) >= 11 is 0. The van der Waals surface area contributed by atoms with Gasteiger partial charge in [0.05, 0.1) is 6.07 Å². The summed E-state index contributed by atoms with van der Waals surface area (Å²) in [6.07, 6.45) is 4.28. The van der Waals surface area contributed by atoms with Crippen molar-refractivity contribution in [2.75, 3.05) is 13.6 Å². The minimum absolute atomic E-state index is 0.0448. The Morgan fingerprint density at radius 1 is 1.56 bits per heavy atom. The summed E-state index contributed by atoms with van der Waals surface area (Å²) in [5.41, 5.74) is 1.09. The first-order valence-electron chi connectivity index (χ1n) is 6.09. The number of carbonyl (C=O) groups excluding carboxylic acids is 1. The molecule has 4 nitrogen and oxygen atoms in total. The van der Waals surface area contributed by atoms with Crippen molar-refractivity contribution in [2.24, 2.45) is 11.8 Å². The van der Waals surface area contributed by atoms with Crippen molar-refractivity contribution < 1.29 is 4.79 Å². The fraction of sp³-hybridized carbons (Fsp3) is 0.500. The zero-order chi connectivity index (χ0) is 13.5. The number of pyridine rings is 1. The molecule has 1 amide bonds. The van der Waals surface area contributed by atoms with Crippen LogP contribution in [0, 0.1) is 23.2 Å². The minimum Gasteiger partial charge on any atom is -0.344 e. The van der Waals surface area contributed by atoms with Crippen LogP contribution < -0.4 is 0 Å². The summed E-state index contributed by atoms with van der Waals surface area (Å²) in [4.78, 5) is 17.7. The number of nitriles is 1. The Morgan fingerprint density at radius 2 is 2.28 bits per heavy atom. The number of hydrogen-bond acceptors (Lipinski definition) is 3. The first-order chi connectivity index (χ1) is 8.56. The molecule has 0 saturated heterocycles. The van der Waals surface area contributed by atoms with Gasteiger partial charge in [-0.15, -0.1) is 0 Å². The molecule has 1 atom stereocenters. The zero-order valence-electron chi connectivity index (χ0n) is 11.1. The molecular weight excluding hydrogens is 226 g/mol. The first-order valence-corrected chi connectivity index (χ1v) is 6.09. The maximum absolute atomic E-state index is 12.0. The predicted molar refractivity (Wildman–Crippen MR) is 69.5 cm³/mol. The predicted octanol–water partition coefficient (Wildman–Crippen LogP) is 1.88. The van der Waals surface area contributed by atoms with Gasteiger partial charge in [-0.3, -0.25) is 9.78 Å². The van der Waals surface area contributed by atoms with Crippen molar-refractivity contribution in [2.45, 2.75) is 20.3 Å². The van der Waals surface area contributed by atoms with Gasteiger partial charge in [-0.25, -0.2) is 0 Å². The highest BCUT2D eigenvalue weighted by atomic mass is 16.2. The number of likely N-dealkylation sites (N-methyl/N-ethyl adjacent to an activating group) is 1. The Hall–Kier alpha value is -1.89. The van der Waals surface area contributed by atoms with E-state index in [4.69, 9.17) is 5.26 Å². The summed E-state index contributed by atoms with van der Waals surface area (Å²) in [6.45, 7) is 4.39. The molecule has 0 aliphatic carbocycles. The lowest BCUT2D eigenvalue weighted by atomic mass is 9.96. The lowest BCUT2D eigenvalue weighted by Gasteiger charge is -2.21. The molecule has 1 heterocycles. The second kappa shape index (κ2) is 6.75. The van der Waals surface area contributed by atoms with Crippen LogP contribution >= 0.6 is 0 Å². The number of carbonyl (C=O) groups is 1. The van der Waals surface area contributed by atoms with Gasteiger partial charge in [-0.05, 0) is 24.0 Å². The van der Waals surface area contributed by atoms with Crippen LogP contribution in [-0.2, 0) is 11.2 Å². The van der Waals surface area contributed by atoms with Crippen LogP contribution in [0.1, 0.15) is 19.4 Å². The summed E-state index contributed by atoms with van der Waals surface area (Å²) in [5, 5.41) is 8.99. The lowest BCUT2D eigenvalue weighted by Crippen LogP contribution is -2.36. The molecule has 0 aliphatic heterocycles. The normalized spacial score (nSPS) is 11.9. The molecule has 0 spiro atoms. The maximum atomic E-state index is 12.0. The standard InChI is InChI=1S/C14H19N3O/c1-11(2)13(9-15)14(18)17(3)8-6-12-5-4-7-16-10-12/h4-5,7,10-11,13H,6,8H2,1-3H3. The van der Waals surface area contributed by atoms with Gasteiger partial charge in [0.25, 0.3) is 0 Å². The molecule has 4 heteroatoms. The molecule has 1 unspecified atom stereocenters. The average Bonchev–Trinajstić information content (AvgIpc) is 2.37. The van der Waals surface area contributed by atoms with Crippen molar-refractivity contribution in [3.63, 3.8) is 0 Å². The monoisotopic (exact) mass is 245 g/mol. The molecule has 1 aromatic rings. The Kier molecular flexibility index (Phi) is 5.31. The van der Waals surface area contributed by atoms with Gasteiger partial charge >= 0.3 is 0 Å². The van der Waals surface area contributed by atoms with Gasteiger partial charge in [0.15, 0.2) is 0 Å². The fourth-order valence-electron chi connectivity index (χ4n) is 1.68. The number of nitrogens with zero attached hydrogens (tertiary/aromatic N) is 3. The van der Waals surface area contributed by atoms with Crippen molar-refractivity contribution in [3.05, 3.63) is 30.1 Å². The van der Waals surface area contributed by atoms with E-state index < -0.39 is 5.92 Å². The molecule has 0 aliphatic rings. The molecule has 1 rings (SSSR count). The average molecular weight is 245 g/mol. The van der Waals surface area contributed by atoms with Crippen LogP contribution in [0.5, 0.6) is 0 Å². The molecule has 0 radical (unpaired) electrons. The van der Waals surface area contributed by atoms with Gasteiger partial charge in [-0.2, -0.15) is 5.26 Å². The van der Waals surface area contributed by atoms with Crippen molar-refractivity contribution in [1.29, 1.82) is 5.26 Å². The van der Waals surface area contributed by atoms with Gasteiger partial charge < -0.3 is 4.90 Å². The van der Waals surface area contributed by atoms with Gasteiger partial charge in [0, 0.05) is 26.0 Å². The highest BCUT2D eigenvalue weighted by Gasteiger charge is 2.24. The zero-order valence-corrected chi connectivity index (χ0v) is 11.1. The fourth-order valence-corrected chi connectivity index (χ4v) is 1.68. The van der Waals surface area contributed by atoms with Crippen molar-refractivity contribution >= 4 is 5.91 Å². The molecule has 0 aromatic carbocycles. The van der Waals surface area contributed by atoms with E-state index in [0.717, 1.165) is 12.0 Å². The molecular formula is C14H19N3O. The van der Waals surface area contributed by atoms with E-state index in [2.05, 4.69) is 11.1 Å². The van der Waals surface area contributed by atoms with Crippen molar-refractivity contribution in [1.82, 2.24) is 9.88 Å². The Morgan fingerprint density at radius 3 is 2.78 bits per heavy atom. The summed E-state index contributed by atoms with van der Waals surface area (Å²) in [5.74, 6) is -0.608.